The van der Waals surface area contributed by atoms with Gasteiger partial charge in [0.1, 0.15) is 12.6 Å². The van der Waals surface area contributed by atoms with Gasteiger partial charge in [-0.05, 0) is 61.2 Å². The Morgan fingerprint density at radius 3 is 2.10 bits per heavy atom. The minimum Gasteiger partial charge on any atom is -0.354 e. The van der Waals surface area contributed by atoms with Crippen LogP contribution >= 0.6 is 15.9 Å². The van der Waals surface area contributed by atoms with E-state index >= 15 is 0 Å². The van der Waals surface area contributed by atoms with Crippen molar-refractivity contribution in [2.75, 3.05) is 17.4 Å². The van der Waals surface area contributed by atoms with E-state index in [-0.39, 0.29) is 23.3 Å². The normalized spacial score (nSPS) is 12.2. The van der Waals surface area contributed by atoms with Crippen molar-refractivity contribution in [1.29, 1.82) is 0 Å². The minimum absolute atomic E-state index is 0.0835. The van der Waals surface area contributed by atoms with Crippen molar-refractivity contribution < 1.29 is 18.0 Å². The van der Waals surface area contributed by atoms with Crippen LogP contribution in [-0.4, -0.2) is 44.3 Å². The zero-order chi connectivity index (χ0) is 28.6. The van der Waals surface area contributed by atoms with Gasteiger partial charge in [0, 0.05) is 17.6 Å². The molecule has 3 rings (SSSR count). The second-order valence-corrected chi connectivity index (χ2v) is 12.6. The van der Waals surface area contributed by atoms with Crippen LogP contribution in [0.25, 0.3) is 0 Å². The fourth-order valence-corrected chi connectivity index (χ4v) is 5.77. The molecular formula is C30H36BrN3O4S. The van der Waals surface area contributed by atoms with Gasteiger partial charge in [-0.15, -0.1) is 0 Å². The van der Waals surface area contributed by atoms with E-state index in [1.54, 1.807) is 36.4 Å². The van der Waals surface area contributed by atoms with Crippen LogP contribution in [0, 0.1) is 12.8 Å². The minimum atomic E-state index is -4.09. The number of halogens is 1. The van der Waals surface area contributed by atoms with Crippen LogP contribution in [0.15, 0.2) is 88.2 Å². The molecule has 2 amide bonds. The number of rotatable bonds is 12. The van der Waals surface area contributed by atoms with Gasteiger partial charge in [-0.2, -0.15) is 0 Å². The monoisotopic (exact) mass is 613 g/mol. The molecule has 0 bridgehead atoms. The number of anilines is 1. The largest absolute Gasteiger partial charge is 0.354 e. The zero-order valence-electron chi connectivity index (χ0n) is 22.8. The number of sulfonamides is 1. The predicted molar refractivity (Wildman–Crippen MR) is 159 cm³/mol. The van der Waals surface area contributed by atoms with Crippen molar-refractivity contribution in [2.24, 2.45) is 5.92 Å². The highest BCUT2D eigenvalue weighted by molar-refractivity contribution is 9.10. The van der Waals surface area contributed by atoms with Crippen LogP contribution in [0.2, 0.25) is 0 Å². The highest BCUT2D eigenvalue weighted by atomic mass is 79.9. The van der Waals surface area contributed by atoms with Crippen LogP contribution in [-0.2, 0) is 26.2 Å². The van der Waals surface area contributed by atoms with Crippen molar-refractivity contribution >= 4 is 43.5 Å². The Morgan fingerprint density at radius 1 is 0.923 bits per heavy atom. The number of aryl methyl sites for hydroxylation is 1. The summed E-state index contributed by atoms with van der Waals surface area (Å²) >= 11 is 3.39. The summed E-state index contributed by atoms with van der Waals surface area (Å²) < 4.78 is 29.6. The fraction of sp³-hybridized carbons (Fsp3) is 0.333. The highest BCUT2D eigenvalue weighted by Crippen LogP contribution is 2.26. The first kappa shape index (κ1) is 30.4. The molecule has 3 aromatic carbocycles. The maximum atomic E-state index is 14.0. The standard InChI is InChI=1S/C30H36BrN3O4S/c1-5-28(30(36)32-19-22(2)3)33(20-24-9-7-6-8-10-24)29(35)21-34(26-15-13-25(31)14-16-26)39(37,38)27-17-11-23(4)12-18-27/h6-18,22,28H,5,19-21H2,1-4H3,(H,32,36)/t28-/m0/s1. The first-order valence-corrected chi connectivity index (χ1v) is 15.2. The van der Waals surface area contributed by atoms with E-state index in [9.17, 15) is 18.0 Å². The summed E-state index contributed by atoms with van der Waals surface area (Å²) in [5.74, 6) is -0.478. The lowest BCUT2D eigenvalue weighted by atomic mass is 10.1. The summed E-state index contributed by atoms with van der Waals surface area (Å²) in [5.41, 5.74) is 2.12. The molecule has 0 unspecified atom stereocenters. The van der Waals surface area contributed by atoms with Gasteiger partial charge in [-0.3, -0.25) is 13.9 Å². The van der Waals surface area contributed by atoms with Gasteiger partial charge in [0.2, 0.25) is 11.8 Å². The van der Waals surface area contributed by atoms with Gasteiger partial charge in [-0.25, -0.2) is 8.42 Å². The number of nitrogens with one attached hydrogen (secondary N) is 1. The molecule has 3 aromatic rings. The summed E-state index contributed by atoms with van der Waals surface area (Å²) in [4.78, 5) is 28.8. The number of hydrogen-bond acceptors (Lipinski definition) is 4. The maximum absolute atomic E-state index is 14.0. The first-order valence-electron chi connectivity index (χ1n) is 13.0. The number of nitrogens with zero attached hydrogens (tertiary/aromatic N) is 2. The molecule has 0 saturated carbocycles. The molecule has 9 heteroatoms. The molecule has 0 spiro atoms. The van der Waals surface area contributed by atoms with E-state index in [1.807, 2.05) is 58.0 Å². The van der Waals surface area contributed by atoms with E-state index in [0.29, 0.717) is 18.7 Å². The molecule has 208 valence electrons. The van der Waals surface area contributed by atoms with E-state index < -0.39 is 28.5 Å². The molecule has 0 aliphatic carbocycles. The maximum Gasteiger partial charge on any atom is 0.264 e. The smallest absolute Gasteiger partial charge is 0.264 e. The molecule has 0 heterocycles. The Labute approximate surface area is 240 Å². The molecule has 0 aromatic heterocycles. The van der Waals surface area contributed by atoms with E-state index in [1.165, 1.54) is 17.0 Å². The molecule has 1 N–H and O–H groups in total. The molecule has 1 atom stereocenters. The van der Waals surface area contributed by atoms with E-state index in [4.69, 9.17) is 0 Å². The van der Waals surface area contributed by atoms with Crippen molar-refractivity contribution in [3.8, 4) is 0 Å². The third-order valence-electron chi connectivity index (χ3n) is 6.27. The van der Waals surface area contributed by atoms with Gasteiger partial charge in [0.15, 0.2) is 0 Å². The predicted octanol–water partition coefficient (Wildman–Crippen LogP) is 5.53. The summed E-state index contributed by atoms with van der Waals surface area (Å²) in [6, 6.07) is 21.9. The second kappa shape index (κ2) is 13.8. The molecule has 7 nitrogen and oxygen atoms in total. The SMILES string of the molecule is CC[C@@H](C(=O)NCC(C)C)N(Cc1ccccc1)C(=O)CN(c1ccc(Br)cc1)S(=O)(=O)c1ccc(C)cc1. The first-order chi connectivity index (χ1) is 18.5. The molecule has 39 heavy (non-hydrogen) atoms. The van der Waals surface area contributed by atoms with E-state index in [2.05, 4.69) is 21.2 Å². The summed E-state index contributed by atoms with van der Waals surface area (Å²) in [6.45, 7) is 7.92. The summed E-state index contributed by atoms with van der Waals surface area (Å²) in [7, 11) is -4.09. The topological polar surface area (TPSA) is 86.8 Å². The Kier molecular flexibility index (Phi) is 10.7. The third kappa shape index (κ3) is 8.16. The Bertz CT molecular complexity index is 1350. The lowest BCUT2D eigenvalue weighted by Gasteiger charge is -2.33. The Morgan fingerprint density at radius 2 is 1.54 bits per heavy atom. The van der Waals surface area contributed by atoms with Crippen LogP contribution in [0.1, 0.15) is 38.3 Å². The van der Waals surface area contributed by atoms with Gasteiger partial charge in [-0.1, -0.05) is 84.7 Å². The number of amides is 2. The number of hydrogen-bond donors (Lipinski definition) is 1. The lowest BCUT2D eigenvalue weighted by molar-refractivity contribution is -0.140. The average Bonchev–Trinajstić information content (AvgIpc) is 2.91. The summed E-state index contributed by atoms with van der Waals surface area (Å²) in [5, 5.41) is 2.94. The molecule has 0 fully saturated rings. The fourth-order valence-electron chi connectivity index (χ4n) is 4.10. The highest BCUT2D eigenvalue weighted by Gasteiger charge is 2.33. The van der Waals surface area contributed by atoms with Crippen molar-refractivity contribution in [3.63, 3.8) is 0 Å². The van der Waals surface area contributed by atoms with Crippen molar-refractivity contribution in [1.82, 2.24) is 10.2 Å². The number of benzene rings is 3. The van der Waals surface area contributed by atoms with Gasteiger partial charge >= 0.3 is 0 Å². The van der Waals surface area contributed by atoms with Crippen LogP contribution < -0.4 is 9.62 Å². The Balaban J connectivity index is 2.02. The number of carbonyl (C=O) groups is 2. The molecule has 0 aliphatic heterocycles. The van der Waals surface area contributed by atoms with Gasteiger partial charge in [0.25, 0.3) is 10.0 Å². The zero-order valence-corrected chi connectivity index (χ0v) is 25.2. The second-order valence-electron chi connectivity index (χ2n) is 9.87. The summed E-state index contributed by atoms with van der Waals surface area (Å²) in [6.07, 6.45) is 0.380. The van der Waals surface area contributed by atoms with Gasteiger partial charge < -0.3 is 10.2 Å². The van der Waals surface area contributed by atoms with Crippen molar-refractivity contribution in [2.45, 2.75) is 51.6 Å². The number of carbonyl (C=O) groups excluding carboxylic acids is 2. The average molecular weight is 615 g/mol. The van der Waals surface area contributed by atoms with E-state index in [0.717, 1.165) is 19.9 Å². The van der Waals surface area contributed by atoms with Crippen LogP contribution in [0.5, 0.6) is 0 Å². The van der Waals surface area contributed by atoms with Crippen LogP contribution in [0.4, 0.5) is 5.69 Å². The lowest BCUT2D eigenvalue weighted by Crippen LogP contribution is -2.52. The van der Waals surface area contributed by atoms with Crippen LogP contribution in [0.3, 0.4) is 0 Å². The van der Waals surface area contributed by atoms with Crippen molar-refractivity contribution in [3.05, 3.63) is 94.5 Å². The third-order valence-corrected chi connectivity index (χ3v) is 8.59. The van der Waals surface area contributed by atoms with Gasteiger partial charge in [0.05, 0.1) is 10.6 Å². The quantitative estimate of drug-likeness (QED) is 0.291. The Hall–Kier alpha value is -3.17. The molecule has 0 aliphatic rings. The molecular weight excluding hydrogens is 578 g/mol. The molecule has 0 saturated heterocycles. The molecule has 0 radical (unpaired) electrons.